The lowest BCUT2D eigenvalue weighted by Gasteiger charge is -2.22. The van der Waals surface area contributed by atoms with Crippen molar-refractivity contribution in [2.45, 2.75) is 52.9 Å². The van der Waals surface area contributed by atoms with Crippen molar-refractivity contribution in [3.8, 4) is 5.69 Å². The lowest BCUT2D eigenvalue weighted by molar-refractivity contribution is -0.385. The number of nitrogens with zero attached hydrogens (tertiary/aromatic N) is 4. The predicted molar refractivity (Wildman–Crippen MR) is 150 cm³/mol. The topological polar surface area (TPSA) is 110 Å². The van der Waals surface area contributed by atoms with Gasteiger partial charge in [0.05, 0.1) is 26.3 Å². The molecule has 0 saturated heterocycles. The van der Waals surface area contributed by atoms with E-state index in [9.17, 15) is 19.7 Å². The van der Waals surface area contributed by atoms with Crippen molar-refractivity contribution in [3.63, 3.8) is 0 Å². The summed E-state index contributed by atoms with van der Waals surface area (Å²) in [4.78, 5) is 38.8. The summed E-state index contributed by atoms with van der Waals surface area (Å²) in [5, 5.41) is 19.7. The number of rotatable bonds is 9. The van der Waals surface area contributed by atoms with E-state index in [1.807, 2.05) is 27.7 Å². The third kappa shape index (κ3) is 6.90. The van der Waals surface area contributed by atoms with Crippen molar-refractivity contribution in [3.05, 3.63) is 79.4 Å². The van der Waals surface area contributed by atoms with Crippen LogP contribution in [0.2, 0.25) is 10.0 Å². The van der Waals surface area contributed by atoms with Crippen LogP contribution in [0.15, 0.2) is 42.5 Å². The Morgan fingerprint density at radius 1 is 1.11 bits per heavy atom. The molecule has 11 heteroatoms. The van der Waals surface area contributed by atoms with Crippen LogP contribution in [0, 0.1) is 17.0 Å². The number of nitro groups is 1. The van der Waals surface area contributed by atoms with Crippen molar-refractivity contribution >= 4 is 46.5 Å². The highest BCUT2D eigenvalue weighted by atomic mass is 35.5. The van der Waals surface area contributed by atoms with E-state index in [4.69, 9.17) is 23.2 Å². The van der Waals surface area contributed by atoms with Gasteiger partial charge in [0.25, 0.3) is 11.6 Å². The van der Waals surface area contributed by atoms with E-state index in [-0.39, 0.29) is 23.2 Å². The van der Waals surface area contributed by atoms with Gasteiger partial charge in [0.2, 0.25) is 5.91 Å². The fourth-order valence-corrected chi connectivity index (χ4v) is 4.02. The summed E-state index contributed by atoms with van der Waals surface area (Å²) in [5.41, 5.74) is 1.51. The Balaban J connectivity index is 1.90. The number of nitro benzene ring substituents is 1. The predicted octanol–water partition coefficient (Wildman–Crippen LogP) is 6.57. The highest BCUT2D eigenvalue weighted by Crippen LogP contribution is 2.29. The molecule has 2 amide bonds. The highest BCUT2D eigenvalue weighted by Gasteiger charge is 2.25. The first-order chi connectivity index (χ1) is 17.8. The molecule has 0 aliphatic heterocycles. The van der Waals surface area contributed by atoms with Crippen molar-refractivity contribution in [1.29, 1.82) is 0 Å². The first-order valence-electron chi connectivity index (χ1n) is 12.2. The molecule has 3 aromatic rings. The van der Waals surface area contributed by atoms with E-state index >= 15 is 0 Å². The van der Waals surface area contributed by atoms with Crippen LogP contribution in [-0.2, 0) is 10.2 Å². The number of nitrogens with one attached hydrogen (secondary N) is 1. The van der Waals surface area contributed by atoms with Crippen LogP contribution in [-0.4, -0.2) is 44.5 Å². The standard InChI is InChI=1S/C27H31Cl2N5O4/c1-6-7-12-32(26(36)18-9-8-17(2)22(13-18)34(37)38)16-25(35)30-24-15-23(27(3,4)5)31-33(24)19-10-11-20(28)21(29)14-19/h8-11,13-15H,6-7,12,16H2,1-5H3,(H,30,35). The number of aryl methyl sites for hydroxylation is 1. The first kappa shape index (κ1) is 29.1. The molecule has 0 saturated carbocycles. The molecule has 0 spiro atoms. The quantitative estimate of drug-likeness (QED) is 0.235. The third-order valence-corrected chi connectivity index (χ3v) is 6.69. The summed E-state index contributed by atoms with van der Waals surface area (Å²) in [6.07, 6.45) is 1.47. The number of anilines is 1. The van der Waals surface area contributed by atoms with E-state index in [2.05, 4.69) is 10.4 Å². The monoisotopic (exact) mass is 559 g/mol. The fraction of sp³-hybridized carbons (Fsp3) is 0.370. The van der Waals surface area contributed by atoms with Gasteiger partial charge in [0.1, 0.15) is 12.4 Å². The molecule has 202 valence electrons. The summed E-state index contributed by atoms with van der Waals surface area (Å²) >= 11 is 12.3. The number of halogens is 2. The second-order valence-corrected chi connectivity index (χ2v) is 10.9. The van der Waals surface area contributed by atoms with E-state index < -0.39 is 16.7 Å². The van der Waals surface area contributed by atoms with Gasteiger partial charge >= 0.3 is 0 Å². The number of amides is 2. The molecule has 0 aliphatic carbocycles. The van der Waals surface area contributed by atoms with Crippen LogP contribution in [0.4, 0.5) is 11.5 Å². The summed E-state index contributed by atoms with van der Waals surface area (Å²) in [5.74, 6) is -0.477. The molecule has 38 heavy (non-hydrogen) atoms. The number of aromatic nitrogens is 2. The van der Waals surface area contributed by atoms with E-state index in [0.29, 0.717) is 40.1 Å². The van der Waals surface area contributed by atoms with Gasteiger partial charge in [0, 0.05) is 35.2 Å². The van der Waals surface area contributed by atoms with E-state index in [0.717, 1.165) is 12.1 Å². The maximum atomic E-state index is 13.3. The number of hydrogen-bond acceptors (Lipinski definition) is 5. The minimum atomic E-state index is -0.522. The fourth-order valence-electron chi connectivity index (χ4n) is 3.73. The van der Waals surface area contributed by atoms with Gasteiger partial charge in [-0.2, -0.15) is 5.10 Å². The minimum Gasteiger partial charge on any atom is -0.329 e. The molecule has 0 fully saturated rings. The zero-order chi connectivity index (χ0) is 28.2. The van der Waals surface area contributed by atoms with E-state index in [1.54, 1.807) is 35.9 Å². The van der Waals surface area contributed by atoms with Crippen LogP contribution < -0.4 is 5.32 Å². The van der Waals surface area contributed by atoms with Gasteiger partial charge in [-0.3, -0.25) is 19.7 Å². The van der Waals surface area contributed by atoms with Crippen LogP contribution in [0.5, 0.6) is 0 Å². The molecule has 9 nitrogen and oxygen atoms in total. The largest absolute Gasteiger partial charge is 0.329 e. The average molecular weight is 560 g/mol. The SMILES string of the molecule is CCCCN(CC(=O)Nc1cc(C(C)(C)C)nn1-c1ccc(Cl)c(Cl)c1)C(=O)c1ccc(C)c([N+](=O)[O-])c1. The van der Waals surface area contributed by atoms with Crippen molar-refractivity contribution < 1.29 is 14.5 Å². The molecule has 1 heterocycles. The number of carbonyl (C=O) groups excluding carboxylic acids is 2. The molecule has 0 aliphatic rings. The molecular weight excluding hydrogens is 529 g/mol. The van der Waals surface area contributed by atoms with Gasteiger partial charge in [-0.25, -0.2) is 4.68 Å². The van der Waals surface area contributed by atoms with Gasteiger partial charge in [0.15, 0.2) is 0 Å². The maximum Gasteiger partial charge on any atom is 0.273 e. The minimum absolute atomic E-state index is 0.143. The van der Waals surface area contributed by atoms with E-state index in [1.165, 1.54) is 23.1 Å². The number of unbranched alkanes of at least 4 members (excludes halogenated alkanes) is 1. The second kappa shape index (κ2) is 12.0. The van der Waals surface area contributed by atoms with Crippen LogP contribution in [0.3, 0.4) is 0 Å². The van der Waals surface area contributed by atoms with Crippen LogP contribution >= 0.6 is 23.2 Å². The summed E-state index contributed by atoms with van der Waals surface area (Å²) in [6.45, 7) is 9.69. The molecule has 1 aromatic heterocycles. The highest BCUT2D eigenvalue weighted by molar-refractivity contribution is 6.42. The zero-order valence-corrected chi connectivity index (χ0v) is 23.6. The second-order valence-electron chi connectivity index (χ2n) is 10.1. The Bertz CT molecular complexity index is 1360. The smallest absolute Gasteiger partial charge is 0.273 e. The molecular formula is C27H31Cl2N5O4. The normalized spacial score (nSPS) is 11.3. The number of carbonyl (C=O) groups is 2. The Labute approximate surface area is 231 Å². The molecule has 0 bridgehead atoms. The lowest BCUT2D eigenvalue weighted by atomic mass is 9.92. The number of benzene rings is 2. The Hall–Kier alpha value is -3.43. The van der Waals surface area contributed by atoms with Gasteiger partial charge in [-0.05, 0) is 37.6 Å². The Morgan fingerprint density at radius 2 is 1.82 bits per heavy atom. The maximum absolute atomic E-state index is 13.3. The summed E-state index contributed by atoms with van der Waals surface area (Å²) in [7, 11) is 0. The molecule has 0 radical (unpaired) electrons. The first-order valence-corrected chi connectivity index (χ1v) is 13.0. The van der Waals surface area contributed by atoms with Gasteiger partial charge in [-0.15, -0.1) is 0 Å². The van der Waals surface area contributed by atoms with Crippen molar-refractivity contribution in [2.75, 3.05) is 18.4 Å². The molecule has 3 rings (SSSR count). The van der Waals surface area contributed by atoms with Gasteiger partial charge in [-0.1, -0.05) is 63.4 Å². The Morgan fingerprint density at radius 3 is 2.42 bits per heavy atom. The summed E-state index contributed by atoms with van der Waals surface area (Å²) in [6, 6.07) is 11.1. The zero-order valence-electron chi connectivity index (χ0n) is 22.0. The average Bonchev–Trinajstić information content (AvgIpc) is 3.27. The molecule has 0 unspecified atom stereocenters. The lowest BCUT2D eigenvalue weighted by Crippen LogP contribution is -2.39. The van der Waals surface area contributed by atoms with Gasteiger partial charge < -0.3 is 10.2 Å². The van der Waals surface area contributed by atoms with Crippen LogP contribution in [0.1, 0.15) is 62.2 Å². The molecule has 0 atom stereocenters. The molecule has 2 aromatic carbocycles. The third-order valence-electron chi connectivity index (χ3n) is 5.95. The summed E-state index contributed by atoms with van der Waals surface area (Å²) < 4.78 is 1.57. The number of hydrogen-bond donors (Lipinski definition) is 1. The van der Waals surface area contributed by atoms with Crippen molar-refractivity contribution in [2.24, 2.45) is 0 Å². The molecule has 1 N–H and O–H groups in total. The Kier molecular flexibility index (Phi) is 9.17. The van der Waals surface area contributed by atoms with Crippen molar-refractivity contribution in [1.82, 2.24) is 14.7 Å². The van der Waals surface area contributed by atoms with Crippen LogP contribution in [0.25, 0.3) is 5.69 Å².